The van der Waals surface area contributed by atoms with Gasteiger partial charge in [0.1, 0.15) is 5.82 Å². The average molecular weight is 277 g/mol. The molecular weight excluding hydrogens is 258 g/mol. The number of hydrogen-bond donors (Lipinski definition) is 2. The molecule has 0 aliphatic carbocycles. The van der Waals surface area contributed by atoms with Crippen LogP contribution in [0.1, 0.15) is 18.9 Å². The molecule has 20 heavy (non-hydrogen) atoms. The van der Waals surface area contributed by atoms with E-state index in [1.165, 1.54) is 0 Å². The fourth-order valence-corrected chi connectivity index (χ4v) is 2.17. The zero-order valence-corrected chi connectivity index (χ0v) is 11.5. The second-order valence-electron chi connectivity index (χ2n) is 4.71. The number of aromatic nitrogens is 1. The van der Waals surface area contributed by atoms with Gasteiger partial charge in [-0.3, -0.25) is 9.59 Å². The number of pyridine rings is 1. The van der Waals surface area contributed by atoms with Crippen LogP contribution in [0, 0.1) is 0 Å². The maximum absolute atomic E-state index is 12.0. The number of carbonyl (C=O) groups is 2. The van der Waals surface area contributed by atoms with Crippen molar-refractivity contribution in [3.8, 4) is 0 Å². The van der Waals surface area contributed by atoms with E-state index in [4.69, 9.17) is 5.84 Å². The number of nitrogens with one attached hydrogen (secondary N) is 1. The molecule has 2 rings (SSSR count). The Balaban J connectivity index is 1.99. The van der Waals surface area contributed by atoms with E-state index in [0.717, 1.165) is 12.0 Å². The number of piperazine rings is 1. The van der Waals surface area contributed by atoms with E-state index < -0.39 is 11.8 Å². The average Bonchev–Trinajstić information content (AvgIpc) is 2.48. The highest BCUT2D eigenvalue weighted by Gasteiger charge is 2.31. The van der Waals surface area contributed by atoms with Crippen molar-refractivity contribution in [2.45, 2.75) is 19.9 Å². The lowest BCUT2D eigenvalue weighted by Gasteiger charge is -2.33. The van der Waals surface area contributed by atoms with Crippen LogP contribution in [-0.2, 0) is 16.1 Å². The molecule has 108 valence electrons. The number of hydrogen-bond acceptors (Lipinski definition) is 5. The van der Waals surface area contributed by atoms with Crippen LogP contribution in [-0.4, -0.2) is 46.2 Å². The lowest BCUT2D eigenvalue weighted by atomic mass is 10.2. The minimum atomic E-state index is -0.439. The van der Waals surface area contributed by atoms with Gasteiger partial charge in [-0.15, -0.1) is 0 Å². The Kier molecular flexibility index (Phi) is 4.52. The summed E-state index contributed by atoms with van der Waals surface area (Å²) in [6, 6.07) is 3.56. The molecule has 0 saturated carbocycles. The van der Waals surface area contributed by atoms with Gasteiger partial charge in [-0.25, -0.2) is 10.8 Å². The van der Waals surface area contributed by atoms with Gasteiger partial charge in [-0.1, -0.05) is 13.0 Å². The zero-order chi connectivity index (χ0) is 14.5. The fourth-order valence-electron chi connectivity index (χ4n) is 2.17. The van der Waals surface area contributed by atoms with E-state index in [1.54, 1.807) is 22.1 Å². The molecule has 0 atom stereocenters. The summed E-state index contributed by atoms with van der Waals surface area (Å²) in [5.74, 6) is 4.95. The molecule has 0 bridgehead atoms. The molecule has 1 fully saturated rings. The number of nitrogens with two attached hydrogens (primary N) is 1. The van der Waals surface area contributed by atoms with E-state index in [0.29, 0.717) is 32.0 Å². The standard InChI is InChI=1S/C13H19N5O2/c1-2-5-17-6-7-18(13(20)12(17)19)9-10-3-4-11(16-14)15-8-10/h3-4,8H,2,5-7,9,14H2,1H3,(H,15,16). The molecule has 0 unspecified atom stereocenters. The topological polar surface area (TPSA) is 91.6 Å². The van der Waals surface area contributed by atoms with Gasteiger partial charge in [0.25, 0.3) is 0 Å². The monoisotopic (exact) mass is 277 g/mol. The largest absolute Gasteiger partial charge is 0.333 e. The summed E-state index contributed by atoms with van der Waals surface area (Å²) in [5, 5.41) is 0. The summed E-state index contributed by atoms with van der Waals surface area (Å²) in [6.07, 6.45) is 2.50. The maximum Gasteiger partial charge on any atom is 0.312 e. The van der Waals surface area contributed by atoms with Gasteiger partial charge in [0.05, 0.1) is 0 Å². The molecule has 1 aliphatic rings. The Labute approximate surface area is 117 Å². The zero-order valence-electron chi connectivity index (χ0n) is 11.5. The van der Waals surface area contributed by atoms with Crippen LogP contribution in [0.2, 0.25) is 0 Å². The molecule has 1 aliphatic heterocycles. The first-order valence-corrected chi connectivity index (χ1v) is 6.65. The van der Waals surface area contributed by atoms with E-state index >= 15 is 0 Å². The lowest BCUT2D eigenvalue weighted by Crippen LogP contribution is -2.53. The summed E-state index contributed by atoms with van der Waals surface area (Å²) in [7, 11) is 0. The molecule has 2 amide bonds. The number of amides is 2. The second-order valence-corrected chi connectivity index (χ2v) is 4.71. The van der Waals surface area contributed by atoms with Crippen molar-refractivity contribution in [3.63, 3.8) is 0 Å². The number of nitrogen functional groups attached to an aromatic ring is 1. The van der Waals surface area contributed by atoms with Crippen molar-refractivity contribution in [2.75, 3.05) is 25.1 Å². The van der Waals surface area contributed by atoms with Crippen LogP contribution in [0.4, 0.5) is 5.82 Å². The van der Waals surface area contributed by atoms with Crippen molar-refractivity contribution in [1.82, 2.24) is 14.8 Å². The quantitative estimate of drug-likeness (QED) is 0.447. The fraction of sp³-hybridized carbons (Fsp3) is 0.462. The highest BCUT2D eigenvalue weighted by Crippen LogP contribution is 2.11. The van der Waals surface area contributed by atoms with Crippen molar-refractivity contribution in [2.24, 2.45) is 5.84 Å². The molecule has 1 aromatic rings. The van der Waals surface area contributed by atoms with Gasteiger partial charge in [0.15, 0.2) is 0 Å². The highest BCUT2D eigenvalue weighted by atomic mass is 16.2. The number of carbonyl (C=O) groups excluding carboxylic acids is 2. The second kappa shape index (κ2) is 6.33. The third kappa shape index (κ3) is 3.05. The Morgan fingerprint density at radius 1 is 1.25 bits per heavy atom. The molecule has 3 N–H and O–H groups in total. The Bertz CT molecular complexity index is 488. The van der Waals surface area contributed by atoms with Crippen molar-refractivity contribution in [1.29, 1.82) is 0 Å². The first-order chi connectivity index (χ1) is 9.65. The first kappa shape index (κ1) is 14.3. The third-order valence-corrected chi connectivity index (χ3v) is 3.24. The van der Waals surface area contributed by atoms with E-state index in [-0.39, 0.29) is 0 Å². The summed E-state index contributed by atoms with van der Waals surface area (Å²) in [5.41, 5.74) is 3.31. The Morgan fingerprint density at radius 3 is 2.55 bits per heavy atom. The Hall–Kier alpha value is -2.15. The van der Waals surface area contributed by atoms with Crippen LogP contribution in [0.3, 0.4) is 0 Å². The highest BCUT2D eigenvalue weighted by molar-refractivity contribution is 6.35. The number of rotatable bonds is 5. The normalized spacial score (nSPS) is 15.7. The lowest BCUT2D eigenvalue weighted by molar-refractivity contribution is -0.156. The predicted octanol–water partition coefficient (Wildman–Crippen LogP) is -0.0520. The minimum Gasteiger partial charge on any atom is -0.333 e. The van der Waals surface area contributed by atoms with Crippen molar-refractivity contribution < 1.29 is 9.59 Å². The maximum atomic E-state index is 12.0. The molecule has 1 saturated heterocycles. The van der Waals surface area contributed by atoms with Crippen LogP contribution in [0.15, 0.2) is 18.3 Å². The molecule has 7 heteroatoms. The molecule has 0 spiro atoms. The molecule has 7 nitrogen and oxygen atoms in total. The SMILES string of the molecule is CCCN1CCN(Cc2ccc(NN)nc2)C(=O)C1=O. The van der Waals surface area contributed by atoms with Crippen LogP contribution in [0.5, 0.6) is 0 Å². The Morgan fingerprint density at radius 2 is 1.95 bits per heavy atom. The third-order valence-electron chi connectivity index (χ3n) is 3.24. The molecule has 1 aromatic heterocycles. The van der Waals surface area contributed by atoms with Crippen LogP contribution < -0.4 is 11.3 Å². The van der Waals surface area contributed by atoms with Gasteiger partial charge in [0, 0.05) is 32.4 Å². The van der Waals surface area contributed by atoms with Crippen molar-refractivity contribution in [3.05, 3.63) is 23.9 Å². The summed E-state index contributed by atoms with van der Waals surface area (Å²) < 4.78 is 0. The number of hydrazine groups is 1. The van der Waals surface area contributed by atoms with Gasteiger partial charge in [0.2, 0.25) is 0 Å². The predicted molar refractivity (Wildman–Crippen MR) is 74.3 cm³/mol. The van der Waals surface area contributed by atoms with E-state index in [9.17, 15) is 9.59 Å². The summed E-state index contributed by atoms with van der Waals surface area (Å²) in [6.45, 7) is 4.16. The van der Waals surface area contributed by atoms with Gasteiger partial charge in [-0.05, 0) is 18.1 Å². The van der Waals surface area contributed by atoms with Crippen LogP contribution in [0.25, 0.3) is 0 Å². The van der Waals surface area contributed by atoms with E-state index in [2.05, 4.69) is 10.4 Å². The van der Waals surface area contributed by atoms with E-state index in [1.807, 2.05) is 13.0 Å². The first-order valence-electron chi connectivity index (χ1n) is 6.65. The van der Waals surface area contributed by atoms with Crippen LogP contribution >= 0.6 is 0 Å². The van der Waals surface area contributed by atoms with Gasteiger partial charge < -0.3 is 15.2 Å². The number of nitrogens with zero attached hydrogens (tertiary/aromatic N) is 3. The molecule has 2 heterocycles. The smallest absolute Gasteiger partial charge is 0.312 e. The summed E-state index contributed by atoms with van der Waals surface area (Å²) in [4.78, 5) is 31.2. The van der Waals surface area contributed by atoms with Gasteiger partial charge in [-0.2, -0.15) is 0 Å². The molecule has 0 radical (unpaired) electrons. The van der Waals surface area contributed by atoms with Crippen molar-refractivity contribution >= 4 is 17.6 Å². The summed E-state index contributed by atoms with van der Waals surface area (Å²) >= 11 is 0. The van der Waals surface area contributed by atoms with Gasteiger partial charge >= 0.3 is 11.8 Å². The molecular formula is C13H19N5O2. The minimum absolute atomic E-state index is 0.391. The molecule has 0 aromatic carbocycles. The number of anilines is 1.